The number of hydrogen-bond donors (Lipinski definition) is 2. The van der Waals surface area contributed by atoms with Gasteiger partial charge in [0.25, 0.3) is 0 Å². The van der Waals surface area contributed by atoms with Crippen molar-refractivity contribution in [3.8, 4) is 0 Å². The molecule has 1 amide bonds. The summed E-state index contributed by atoms with van der Waals surface area (Å²) >= 11 is 0. The summed E-state index contributed by atoms with van der Waals surface area (Å²) in [6, 6.07) is 0.159. The molecule has 22 heavy (non-hydrogen) atoms. The number of nitrogens with two attached hydrogens (primary N) is 1. The van der Waals surface area contributed by atoms with Crippen molar-refractivity contribution in [2.24, 2.45) is 5.73 Å². The van der Waals surface area contributed by atoms with Crippen LogP contribution in [0.1, 0.15) is 18.5 Å². The van der Waals surface area contributed by atoms with Crippen molar-refractivity contribution in [3.05, 3.63) is 30.7 Å². The molecule has 0 aliphatic carbocycles. The van der Waals surface area contributed by atoms with E-state index in [4.69, 9.17) is 5.73 Å². The second-order valence-corrected chi connectivity index (χ2v) is 5.53. The number of nitrogens with zero attached hydrogens (tertiary/aromatic N) is 4. The normalized spacial score (nSPS) is 18.5. The molecule has 116 valence electrons. The van der Waals surface area contributed by atoms with E-state index < -0.39 is 0 Å². The molecule has 0 bridgehead atoms. The lowest BCUT2D eigenvalue weighted by molar-refractivity contribution is -0.111. The minimum Gasteiger partial charge on any atom is -0.352 e. The molecule has 0 spiro atoms. The number of amides is 1. The van der Waals surface area contributed by atoms with Gasteiger partial charge in [-0.15, -0.1) is 0 Å². The minimum atomic E-state index is -0.261. The van der Waals surface area contributed by atoms with Crippen molar-refractivity contribution in [2.45, 2.75) is 25.8 Å². The fourth-order valence-electron chi connectivity index (χ4n) is 2.82. The van der Waals surface area contributed by atoms with E-state index in [1.165, 1.54) is 6.08 Å². The zero-order valence-electron chi connectivity index (χ0n) is 12.6. The molecule has 2 aromatic rings. The van der Waals surface area contributed by atoms with Crippen molar-refractivity contribution in [1.82, 2.24) is 14.4 Å². The fraction of sp³-hybridized carbons (Fsp3) is 0.400. The first kappa shape index (κ1) is 14.5. The van der Waals surface area contributed by atoms with Crippen LogP contribution in [0.5, 0.6) is 0 Å². The topological polar surface area (TPSA) is 88.5 Å². The predicted octanol–water partition coefficient (Wildman–Crippen LogP) is 1.09. The number of piperidine rings is 1. The summed E-state index contributed by atoms with van der Waals surface area (Å²) in [5.74, 6) is 1.19. The second-order valence-electron chi connectivity index (χ2n) is 5.53. The second kappa shape index (κ2) is 5.76. The van der Waals surface area contributed by atoms with Gasteiger partial charge in [0.05, 0.1) is 5.69 Å². The van der Waals surface area contributed by atoms with E-state index in [2.05, 4.69) is 26.8 Å². The molecule has 1 aliphatic heterocycles. The van der Waals surface area contributed by atoms with Gasteiger partial charge in [-0.2, -0.15) is 0 Å². The molecule has 7 nitrogen and oxygen atoms in total. The largest absolute Gasteiger partial charge is 0.352 e. The first-order valence-electron chi connectivity index (χ1n) is 7.37. The van der Waals surface area contributed by atoms with Gasteiger partial charge in [0.15, 0.2) is 11.5 Å². The number of carbonyl (C=O) groups excluding carboxylic acids is 1. The van der Waals surface area contributed by atoms with E-state index in [-0.39, 0.29) is 11.9 Å². The van der Waals surface area contributed by atoms with Gasteiger partial charge in [-0.05, 0) is 25.8 Å². The molecule has 3 N–H and O–H groups in total. The summed E-state index contributed by atoms with van der Waals surface area (Å²) in [5.41, 5.74) is 7.53. The first-order chi connectivity index (χ1) is 10.6. The van der Waals surface area contributed by atoms with E-state index in [1.54, 1.807) is 12.4 Å². The maximum absolute atomic E-state index is 11.6. The number of fused-ring (bicyclic) bond motifs is 1. The van der Waals surface area contributed by atoms with E-state index in [9.17, 15) is 4.79 Å². The Bertz CT molecular complexity index is 722. The number of hydrogen-bond acceptors (Lipinski definition) is 5. The Balaban J connectivity index is 2.04. The van der Waals surface area contributed by atoms with E-state index in [0.717, 1.165) is 43.1 Å². The van der Waals surface area contributed by atoms with Crippen LogP contribution in [-0.2, 0) is 4.79 Å². The van der Waals surface area contributed by atoms with Crippen LogP contribution < -0.4 is 16.0 Å². The summed E-state index contributed by atoms with van der Waals surface area (Å²) in [7, 11) is 0. The van der Waals surface area contributed by atoms with Crippen LogP contribution in [0.4, 0.5) is 11.6 Å². The Morgan fingerprint density at radius 1 is 1.59 bits per heavy atom. The van der Waals surface area contributed by atoms with Crippen molar-refractivity contribution >= 4 is 23.2 Å². The van der Waals surface area contributed by atoms with Crippen molar-refractivity contribution in [1.29, 1.82) is 0 Å². The molecule has 1 unspecified atom stereocenters. The Kier molecular flexibility index (Phi) is 3.81. The summed E-state index contributed by atoms with van der Waals surface area (Å²) in [6.45, 7) is 7.02. The van der Waals surface area contributed by atoms with Crippen LogP contribution in [-0.4, -0.2) is 39.4 Å². The van der Waals surface area contributed by atoms with Gasteiger partial charge in [0.1, 0.15) is 5.82 Å². The van der Waals surface area contributed by atoms with Crippen LogP contribution >= 0.6 is 0 Å². The van der Waals surface area contributed by atoms with Gasteiger partial charge >= 0.3 is 0 Å². The summed E-state index contributed by atoms with van der Waals surface area (Å²) < 4.78 is 1.85. The lowest BCUT2D eigenvalue weighted by Gasteiger charge is -2.31. The van der Waals surface area contributed by atoms with Gasteiger partial charge in [0.2, 0.25) is 5.91 Å². The molecule has 3 rings (SSSR count). The highest BCUT2D eigenvalue weighted by Crippen LogP contribution is 2.26. The molecular weight excluding hydrogens is 280 g/mol. The van der Waals surface area contributed by atoms with Gasteiger partial charge < -0.3 is 16.0 Å². The molecule has 0 saturated carbocycles. The minimum absolute atomic E-state index is 0.159. The lowest BCUT2D eigenvalue weighted by atomic mass is 10.1. The number of anilines is 2. The Morgan fingerprint density at radius 3 is 3.14 bits per heavy atom. The van der Waals surface area contributed by atoms with Crippen LogP contribution in [0.15, 0.2) is 25.0 Å². The molecule has 1 saturated heterocycles. The number of rotatable bonds is 3. The third-order valence-electron chi connectivity index (χ3n) is 3.88. The standard InChI is InChI=1S/C15H20N6O/c1-3-12(22)19-13-10(2)18-15-14(17-6-8-21(13)15)20-7-4-5-11(16)9-20/h3,6,8,11H,1,4-5,7,9,16H2,2H3,(H,19,22). The summed E-state index contributed by atoms with van der Waals surface area (Å²) in [4.78, 5) is 22.8. The van der Waals surface area contributed by atoms with E-state index >= 15 is 0 Å². The fourth-order valence-corrected chi connectivity index (χ4v) is 2.82. The highest BCUT2D eigenvalue weighted by Gasteiger charge is 2.22. The molecule has 1 fully saturated rings. The SMILES string of the molecule is C=CC(=O)Nc1c(C)nc2c(N3CCCC(N)C3)nccn12. The predicted molar refractivity (Wildman–Crippen MR) is 86.0 cm³/mol. The average Bonchev–Trinajstić information content (AvgIpc) is 2.83. The van der Waals surface area contributed by atoms with Crippen molar-refractivity contribution in [3.63, 3.8) is 0 Å². The molecule has 2 aromatic heterocycles. The maximum atomic E-state index is 11.6. The number of carbonyl (C=O) groups is 1. The van der Waals surface area contributed by atoms with Crippen LogP contribution in [0, 0.1) is 6.92 Å². The number of aryl methyl sites for hydroxylation is 1. The Labute approximate surface area is 128 Å². The van der Waals surface area contributed by atoms with E-state index in [1.807, 2.05) is 11.3 Å². The highest BCUT2D eigenvalue weighted by atomic mass is 16.1. The van der Waals surface area contributed by atoms with Crippen molar-refractivity contribution < 1.29 is 4.79 Å². The number of aromatic nitrogens is 3. The van der Waals surface area contributed by atoms with Gasteiger partial charge in [0, 0.05) is 31.5 Å². The van der Waals surface area contributed by atoms with Crippen LogP contribution in [0.3, 0.4) is 0 Å². The third kappa shape index (κ3) is 2.55. The van der Waals surface area contributed by atoms with Gasteiger partial charge in [-0.1, -0.05) is 6.58 Å². The zero-order chi connectivity index (χ0) is 15.7. The lowest BCUT2D eigenvalue weighted by Crippen LogP contribution is -2.43. The average molecular weight is 300 g/mol. The Morgan fingerprint density at radius 2 is 2.41 bits per heavy atom. The molecule has 1 atom stereocenters. The molecule has 0 radical (unpaired) electrons. The summed E-state index contributed by atoms with van der Waals surface area (Å²) in [5, 5.41) is 2.79. The zero-order valence-corrected chi connectivity index (χ0v) is 12.6. The summed E-state index contributed by atoms with van der Waals surface area (Å²) in [6.07, 6.45) is 6.83. The molecular formula is C15H20N6O. The Hall–Kier alpha value is -2.41. The third-order valence-corrected chi connectivity index (χ3v) is 3.88. The smallest absolute Gasteiger partial charge is 0.248 e. The number of nitrogens with one attached hydrogen (secondary N) is 1. The monoisotopic (exact) mass is 300 g/mol. The van der Waals surface area contributed by atoms with Crippen LogP contribution in [0.25, 0.3) is 5.65 Å². The maximum Gasteiger partial charge on any atom is 0.248 e. The van der Waals surface area contributed by atoms with Gasteiger partial charge in [-0.25, -0.2) is 9.97 Å². The molecule has 0 aromatic carbocycles. The van der Waals surface area contributed by atoms with Crippen molar-refractivity contribution in [2.75, 3.05) is 23.3 Å². The number of imidazole rings is 1. The molecule has 1 aliphatic rings. The molecule has 7 heteroatoms. The highest BCUT2D eigenvalue weighted by molar-refractivity contribution is 5.99. The van der Waals surface area contributed by atoms with Gasteiger partial charge in [-0.3, -0.25) is 9.20 Å². The quantitative estimate of drug-likeness (QED) is 0.828. The van der Waals surface area contributed by atoms with E-state index in [0.29, 0.717) is 5.82 Å². The first-order valence-corrected chi connectivity index (χ1v) is 7.37. The molecule has 3 heterocycles. The van der Waals surface area contributed by atoms with Crippen LogP contribution in [0.2, 0.25) is 0 Å².